The Bertz CT molecular complexity index is 324. The van der Waals surface area contributed by atoms with Crippen molar-refractivity contribution in [3.8, 4) is 0 Å². The fourth-order valence-corrected chi connectivity index (χ4v) is 3.45. The number of carbonyl (C=O) groups excluding carboxylic acids is 1. The fraction of sp³-hybridized carbons (Fsp3) is 0.938. The molecule has 1 unspecified atom stereocenters. The summed E-state index contributed by atoms with van der Waals surface area (Å²) in [5, 5.41) is 0. The molecule has 2 N–H and O–H groups in total. The monoisotopic (exact) mass is 282 g/mol. The van der Waals surface area contributed by atoms with Crippen LogP contribution in [0.25, 0.3) is 0 Å². The fourth-order valence-electron chi connectivity index (χ4n) is 3.45. The van der Waals surface area contributed by atoms with Crippen LogP contribution in [-0.4, -0.2) is 43.2 Å². The standard InChI is InChI=1S/C16H30N2O2/c1-16(2,3)13-4-8-18(9-5-13)15(19)14(17)12-6-10-20-11-7-12/h12-14H,4-11,17H2,1-3H3. The zero-order chi connectivity index (χ0) is 14.8. The molecule has 0 aliphatic carbocycles. The maximum absolute atomic E-state index is 12.5. The zero-order valence-corrected chi connectivity index (χ0v) is 13.2. The Labute approximate surface area is 123 Å². The lowest BCUT2D eigenvalue weighted by Crippen LogP contribution is -2.51. The summed E-state index contributed by atoms with van der Waals surface area (Å²) in [6.07, 6.45) is 4.06. The number of nitrogens with two attached hydrogens (primary N) is 1. The topological polar surface area (TPSA) is 55.6 Å². The lowest BCUT2D eigenvalue weighted by molar-refractivity contribution is -0.136. The van der Waals surface area contributed by atoms with E-state index in [0.29, 0.717) is 17.3 Å². The molecule has 116 valence electrons. The molecular weight excluding hydrogens is 252 g/mol. The third kappa shape index (κ3) is 3.73. The normalized spacial score (nSPS) is 24.7. The molecule has 0 aromatic heterocycles. The number of carbonyl (C=O) groups is 1. The van der Waals surface area contributed by atoms with Crippen LogP contribution < -0.4 is 5.73 Å². The van der Waals surface area contributed by atoms with Crippen molar-refractivity contribution in [2.75, 3.05) is 26.3 Å². The molecule has 0 radical (unpaired) electrons. The number of rotatable bonds is 2. The number of hydrogen-bond acceptors (Lipinski definition) is 3. The maximum Gasteiger partial charge on any atom is 0.239 e. The molecule has 4 nitrogen and oxygen atoms in total. The molecule has 2 heterocycles. The van der Waals surface area contributed by atoms with E-state index < -0.39 is 0 Å². The number of piperidine rings is 1. The summed E-state index contributed by atoms with van der Waals surface area (Å²) in [7, 11) is 0. The summed E-state index contributed by atoms with van der Waals surface area (Å²) in [5.41, 5.74) is 6.54. The van der Waals surface area contributed by atoms with E-state index in [9.17, 15) is 4.79 Å². The van der Waals surface area contributed by atoms with E-state index in [0.717, 1.165) is 52.0 Å². The van der Waals surface area contributed by atoms with E-state index in [1.54, 1.807) is 0 Å². The number of nitrogens with zero attached hydrogens (tertiary/aromatic N) is 1. The summed E-state index contributed by atoms with van der Waals surface area (Å²) in [5.74, 6) is 1.17. The first-order chi connectivity index (χ1) is 9.39. The number of ether oxygens (including phenoxy) is 1. The first-order valence-corrected chi connectivity index (χ1v) is 8.01. The Balaban J connectivity index is 1.85. The second kappa shape index (κ2) is 6.44. The van der Waals surface area contributed by atoms with Crippen molar-refractivity contribution in [2.24, 2.45) is 23.0 Å². The van der Waals surface area contributed by atoms with Crippen molar-refractivity contribution in [1.29, 1.82) is 0 Å². The van der Waals surface area contributed by atoms with Gasteiger partial charge in [0.2, 0.25) is 5.91 Å². The first kappa shape index (κ1) is 15.8. The van der Waals surface area contributed by atoms with Crippen LogP contribution >= 0.6 is 0 Å². The average Bonchev–Trinajstić information content (AvgIpc) is 2.46. The number of likely N-dealkylation sites (tertiary alicyclic amines) is 1. The van der Waals surface area contributed by atoms with Gasteiger partial charge in [-0.3, -0.25) is 4.79 Å². The van der Waals surface area contributed by atoms with Crippen LogP contribution in [0.2, 0.25) is 0 Å². The highest BCUT2D eigenvalue weighted by Crippen LogP contribution is 2.34. The van der Waals surface area contributed by atoms with Crippen molar-refractivity contribution in [3.05, 3.63) is 0 Å². The van der Waals surface area contributed by atoms with Crippen molar-refractivity contribution in [2.45, 2.75) is 52.5 Å². The molecule has 0 saturated carbocycles. The van der Waals surface area contributed by atoms with Gasteiger partial charge in [-0.05, 0) is 42.9 Å². The highest BCUT2D eigenvalue weighted by molar-refractivity contribution is 5.82. The molecule has 2 fully saturated rings. The van der Waals surface area contributed by atoms with Crippen LogP contribution in [0.5, 0.6) is 0 Å². The molecule has 2 aliphatic rings. The predicted octanol–water partition coefficient (Wildman–Crippen LogP) is 2.02. The van der Waals surface area contributed by atoms with Gasteiger partial charge in [-0.25, -0.2) is 0 Å². The average molecular weight is 282 g/mol. The molecule has 0 spiro atoms. The molecule has 1 atom stereocenters. The van der Waals surface area contributed by atoms with Crippen LogP contribution in [0, 0.1) is 17.3 Å². The van der Waals surface area contributed by atoms with Gasteiger partial charge in [0.15, 0.2) is 0 Å². The maximum atomic E-state index is 12.5. The predicted molar refractivity (Wildman–Crippen MR) is 80.3 cm³/mol. The van der Waals surface area contributed by atoms with Gasteiger partial charge < -0.3 is 15.4 Å². The van der Waals surface area contributed by atoms with Crippen molar-refractivity contribution in [1.82, 2.24) is 4.90 Å². The summed E-state index contributed by atoms with van der Waals surface area (Å²) < 4.78 is 5.35. The van der Waals surface area contributed by atoms with Gasteiger partial charge >= 0.3 is 0 Å². The van der Waals surface area contributed by atoms with Gasteiger partial charge in [-0.15, -0.1) is 0 Å². The number of hydrogen-bond donors (Lipinski definition) is 1. The van der Waals surface area contributed by atoms with E-state index in [2.05, 4.69) is 20.8 Å². The lowest BCUT2D eigenvalue weighted by atomic mass is 9.75. The van der Waals surface area contributed by atoms with E-state index >= 15 is 0 Å². The van der Waals surface area contributed by atoms with Crippen LogP contribution in [0.4, 0.5) is 0 Å². The van der Waals surface area contributed by atoms with Gasteiger partial charge in [0.05, 0.1) is 6.04 Å². The lowest BCUT2D eigenvalue weighted by Gasteiger charge is -2.40. The molecule has 0 bridgehead atoms. The van der Waals surface area contributed by atoms with Crippen LogP contribution in [0.3, 0.4) is 0 Å². The van der Waals surface area contributed by atoms with Crippen LogP contribution in [0.15, 0.2) is 0 Å². The van der Waals surface area contributed by atoms with Gasteiger partial charge in [0.25, 0.3) is 0 Å². The van der Waals surface area contributed by atoms with Gasteiger partial charge in [-0.2, -0.15) is 0 Å². The zero-order valence-electron chi connectivity index (χ0n) is 13.2. The van der Waals surface area contributed by atoms with Crippen LogP contribution in [0.1, 0.15) is 46.5 Å². The van der Waals surface area contributed by atoms with Gasteiger partial charge in [-0.1, -0.05) is 20.8 Å². The van der Waals surface area contributed by atoms with Crippen molar-refractivity contribution >= 4 is 5.91 Å². The molecule has 2 aliphatic heterocycles. The molecule has 1 amide bonds. The summed E-state index contributed by atoms with van der Waals surface area (Å²) in [6, 6.07) is -0.329. The van der Waals surface area contributed by atoms with Gasteiger partial charge in [0.1, 0.15) is 0 Å². The molecule has 0 aromatic carbocycles. The Kier molecular flexibility index (Phi) is 5.08. The minimum absolute atomic E-state index is 0.157. The Morgan fingerprint density at radius 3 is 2.20 bits per heavy atom. The largest absolute Gasteiger partial charge is 0.381 e. The molecular formula is C16H30N2O2. The Morgan fingerprint density at radius 2 is 1.70 bits per heavy atom. The summed E-state index contributed by atoms with van der Waals surface area (Å²) >= 11 is 0. The van der Waals surface area contributed by atoms with E-state index in [-0.39, 0.29) is 11.9 Å². The summed E-state index contributed by atoms with van der Waals surface area (Å²) in [4.78, 5) is 14.5. The third-order valence-electron chi connectivity index (χ3n) is 5.09. The molecule has 4 heteroatoms. The minimum atomic E-state index is -0.329. The van der Waals surface area contributed by atoms with Crippen molar-refractivity contribution < 1.29 is 9.53 Å². The second-order valence-corrected chi connectivity index (χ2v) is 7.44. The second-order valence-electron chi connectivity index (χ2n) is 7.44. The quantitative estimate of drug-likeness (QED) is 0.843. The Morgan fingerprint density at radius 1 is 1.15 bits per heavy atom. The molecule has 2 rings (SSSR count). The van der Waals surface area contributed by atoms with Gasteiger partial charge in [0, 0.05) is 26.3 Å². The number of amides is 1. The minimum Gasteiger partial charge on any atom is -0.381 e. The van der Waals surface area contributed by atoms with Crippen LogP contribution in [-0.2, 0) is 9.53 Å². The van der Waals surface area contributed by atoms with E-state index in [4.69, 9.17) is 10.5 Å². The molecule has 2 saturated heterocycles. The van der Waals surface area contributed by atoms with E-state index in [1.807, 2.05) is 4.90 Å². The third-order valence-corrected chi connectivity index (χ3v) is 5.09. The molecule has 20 heavy (non-hydrogen) atoms. The smallest absolute Gasteiger partial charge is 0.239 e. The SMILES string of the molecule is CC(C)(C)C1CCN(C(=O)C(N)C2CCOCC2)CC1. The molecule has 0 aromatic rings. The van der Waals surface area contributed by atoms with E-state index in [1.165, 1.54) is 0 Å². The van der Waals surface area contributed by atoms with Crippen molar-refractivity contribution in [3.63, 3.8) is 0 Å². The highest BCUT2D eigenvalue weighted by Gasteiger charge is 2.34. The Hall–Kier alpha value is -0.610. The first-order valence-electron chi connectivity index (χ1n) is 8.01. The summed E-state index contributed by atoms with van der Waals surface area (Å²) in [6.45, 7) is 10.1. The highest BCUT2D eigenvalue weighted by atomic mass is 16.5.